The Morgan fingerprint density at radius 2 is 2.29 bits per heavy atom. The number of carbonyl (C=O) groups is 1. The van der Waals surface area contributed by atoms with Crippen LogP contribution in [0.1, 0.15) is 25.5 Å². The summed E-state index contributed by atoms with van der Waals surface area (Å²) in [5.41, 5.74) is 0.867. The van der Waals surface area contributed by atoms with Gasteiger partial charge in [0.05, 0.1) is 12.3 Å². The van der Waals surface area contributed by atoms with Crippen molar-refractivity contribution in [2.24, 2.45) is 5.92 Å². The van der Waals surface area contributed by atoms with Crippen LogP contribution in [-0.2, 0) is 11.4 Å². The second-order valence-electron chi connectivity index (χ2n) is 5.46. The van der Waals surface area contributed by atoms with E-state index in [4.69, 9.17) is 0 Å². The molecular weight excluding hydrogens is 288 g/mol. The largest absolute Gasteiger partial charge is 0.390 e. The van der Waals surface area contributed by atoms with Gasteiger partial charge in [-0.3, -0.25) is 9.20 Å². The van der Waals surface area contributed by atoms with E-state index in [-0.39, 0.29) is 12.5 Å². The zero-order valence-electron chi connectivity index (χ0n) is 12.1. The first-order valence-corrected chi connectivity index (χ1v) is 8.11. The van der Waals surface area contributed by atoms with Gasteiger partial charge in [-0.25, -0.2) is 4.98 Å². The highest BCUT2D eigenvalue weighted by Crippen LogP contribution is 2.28. The molecule has 2 aromatic heterocycles. The molecule has 6 nitrogen and oxygen atoms in total. The Balaban J connectivity index is 1.68. The molecule has 1 aliphatic heterocycles. The fraction of sp³-hybridized carbons (Fsp3) is 0.571. The lowest BCUT2D eigenvalue weighted by atomic mass is 9.96. The van der Waals surface area contributed by atoms with Gasteiger partial charge in [-0.1, -0.05) is 0 Å². The number of piperidine rings is 1. The average molecular weight is 308 g/mol. The van der Waals surface area contributed by atoms with E-state index in [0.717, 1.165) is 48.9 Å². The van der Waals surface area contributed by atoms with Crippen LogP contribution in [0.25, 0.3) is 4.96 Å². The standard InChI is InChI=1S/C14H20N4O2S/c1-10(20)15-8-11-2-4-17(5-3-11)13-12(9-19)18-6-7-21-14(18)16-13/h6-7,11,19H,2-5,8-9H2,1H3,(H,15,20). The van der Waals surface area contributed by atoms with Crippen LogP contribution in [0.5, 0.6) is 0 Å². The molecule has 2 aromatic rings. The summed E-state index contributed by atoms with van der Waals surface area (Å²) >= 11 is 1.58. The van der Waals surface area contributed by atoms with Gasteiger partial charge >= 0.3 is 0 Å². The average Bonchev–Trinajstić information content (AvgIpc) is 3.05. The molecule has 0 spiro atoms. The minimum Gasteiger partial charge on any atom is -0.390 e. The second kappa shape index (κ2) is 6.03. The third kappa shape index (κ3) is 2.89. The number of fused-ring (bicyclic) bond motifs is 1. The molecule has 0 aliphatic carbocycles. The van der Waals surface area contributed by atoms with Crippen molar-refractivity contribution < 1.29 is 9.90 Å². The van der Waals surface area contributed by atoms with E-state index in [1.165, 1.54) is 0 Å². The van der Waals surface area contributed by atoms with Crippen LogP contribution in [0.3, 0.4) is 0 Å². The van der Waals surface area contributed by atoms with Crippen molar-refractivity contribution in [1.82, 2.24) is 14.7 Å². The molecule has 7 heteroatoms. The van der Waals surface area contributed by atoms with Gasteiger partial charge in [-0.2, -0.15) is 0 Å². The zero-order chi connectivity index (χ0) is 14.8. The van der Waals surface area contributed by atoms with Crippen LogP contribution in [0.15, 0.2) is 11.6 Å². The number of anilines is 1. The van der Waals surface area contributed by atoms with Crippen molar-refractivity contribution in [3.63, 3.8) is 0 Å². The van der Waals surface area contributed by atoms with Crippen molar-refractivity contribution in [2.75, 3.05) is 24.5 Å². The smallest absolute Gasteiger partial charge is 0.216 e. The third-order valence-electron chi connectivity index (χ3n) is 4.04. The van der Waals surface area contributed by atoms with Crippen LogP contribution in [-0.4, -0.2) is 40.0 Å². The number of nitrogens with zero attached hydrogens (tertiary/aromatic N) is 3. The number of rotatable bonds is 4. The van der Waals surface area contributed by atoms with Crippen molar-refractivity contribution in [2.45, 2.75) is 26.4 Å². The molecule has 0 bridgehead atoms. The first-order chi connectivity index (χ1) is 10.2. The molecule has 0 atom stereocenters. The number of imidazole rings is 1. The van der Waals surface area contributed by atoms with Gasteiger partial charge in [0.15, 0.2) is 10.8 Å². The summed E-state index contributed by atoms with van der Waals surface area (Å²) in [6, 6.07) is 0. The predicted molar refractivity (Wildman–Crippen MR) is 82.6 cm³/mol. The first-order valence-electron chi connectivity index (χ1n) is 7.23. The van der Waals surface area contributed by atoms with Crippen molar-refractivity contribution >= 4 is 28.0 Å². The molecule has 1 amide bonds. The highest BCUT2D eigenvalue weighted by Gasteiger charge is 2.24. The summed E-state index contributed by atoms with van der Waals surface area (Å²) in [4.78, 5) is 18.8. The Hall–Kier alpha value is -1.60. The summed E-state index contributed by atoms with van der Waals surface area (Å²) in [5.74, 6) is 1.48. The molecule has 1 fully saturated rings. The Bertz CT molecular complexity index is 628. The summed E-state index contributed by atoms with van der Waals surface area (Å²) in [7, 11) is 0. The topological polar surface area (TPSA) is 69.9 Å². The van der Waals surface area contributed by atoms with Gasteiger partial charge in [0.1, 0.15) is 0 Å². The molecular formula is C14H20N4O2S. The summed E-state index contributed by atoms with van der Waals surface area (Å²) in [6.45, 7) is 4.15. The van der Waals surface area contributed by atoms with Crippen molar-refractivity contribution in [3.8, 4) is 0 Å². The van der Waals surface area contributed by atoms with E-state index in [2.05, 4.69) is 15.2 Å². The SMILES string of the molecule is CC(=O)NCC1CCN(c2nc3sccn3c2CO)CC1. The Labute approximate surface area is 127 Å². The molecule has 3 rings (SSSR count). The molecule has 1 saturated heterocycles. The minimum atomic E-state index is -0.000939. The summed E-state index contributed by atoms with van der Waals surface area (Å²) in [6.07, 6.45) is 4.03. The number of aliphatic hydroxyl groups is 1. The number of carbonyl (C=O) groups excluding carboxylic acids is 1. The van der Waals surface area contributed by atoms with E-state index in [9.17, 15) is 9.90 Å². The second-order valence-corrected chi connectivity index (χ2v) is 6.34. The van der Waals surface area contributed by atoms with E-state index >= 15 is 0 Å². The van der Waals surface area contributed by atoms with Gasteiger partial charge in [-0.15, -0.1) is 11.3 Å². The Morgan fingerprint density at radius 3 is 2.95 bits per heavy atom. The zero-order valence-corrected chi connectivity index (χ0v) is 12.9. The molecule has 0 saturated carbocycles. The minimum absolute atomic E-state index is 0.000939. The van der Waals surface area contributed by atoms with Crippen LogP contribution in [0.2, 0.25) is 0 Å². The first kappa shape index (κ1) is 14.3. The lowest BCUT2D eigenvalue weighted by Crippen LogP contribution is -2.38. The Morgan fingerprint density at radius 1 is 1.52 bits per heavy atom. The van der Waals surface area contributed by atoms with Crippen LogP contribution in [0.4, 0.5) is 5.82 Å². The number of aromatic nitrogens is 2. The number of nitrogens with one attached hydrogen (secondary N) is 1. The molecule has 21 heavy (non-hydrogen) atoms. The number of amides is 1. The fourth-order valence-corrected chi connectivity index (χ4v) is 3.59. The maximum Gasteiger partial charge on any atom is 0.216 e. The van der Waals surface area contributed by atoms with Gasteiger partial charge in [0, 0.05) is 38.1 Å². The molecule has 114 valence electrons. The molecule has 1 aliphatic rings. The van der Waals surface area contributed by atoms with Gasteiger partial charge < -0.3 is 15.3 Å². The molecule has 0 unspecified atom stereocenters. The number of hydrogen-bond donors (Lipinski definition) is 2. The number of thiazole rings is 1. The normalized spacial score (nSPS) is 16.6. The third-order valence-corrected chi connectivity index (χ3v) is 4.80. The molecule has 2 N–H and O–H groups in total. The fourth-order valence-electron chi connectivity index (χ4n) is 2.86. The maximum atomic E-state index is 11.0. The highest BCUT2D eigenvalue weighted by atomic mass is 32.1. The summed E-state index contributed by atoms with van der Waals surface area (Å²) < 4.78 is 1.96. The number of hydrogen-bond acceptors (Lipinski definition) is 5. The predicted octanol–water partition coefficient (Wildman–Crippen LogP) is 1.24. The van der Waals surface area contributed by atoms with Crippen LogP contribution >= 0.6 is 11.3 Å². The van der Waals surface area contributed by atoms with E-state index in [0.29, 0.717) is 5.92 Å². The van der Waals surface area contributed by atoms with Crippen LogP contribution < -0.4 is 10.2 Å². The lowest BCUT2D eigenvalue weighted by molar-refractivity contribution is -0.119. The van der Waals surface area contributed by atoms with Gasteiger partial charge in [-0.05, 0) is 18.8 Å². The van der Waals surface area contributed by atoms with E-state index in [1.807, 2.05) is 16.0 Å². The number of aliphatic hydroxyl groups excluding tert-OH is 1. The van der Waals surface area contributed by atoms with Crippen molar-refractivity contribution in [1.29, 1.82) is 0 Å². The summed E-state index contributed by atoms with van der Waals surface area (Å²) in [5, 5.41) is 14.5. The molecule has 0 radical (unpaired) electrons. The lowest BCUT2D eigenvalue weighted by Gasteiger charge is -2.32. The molecule has 0 aromatic carbocycles. The van der Waals surface area contributed by atoms with Crippen molar-refractivity contribution in [3.05, 3.63) is 17.3 Å². The van der Waals surface area contributed by atoms with E-state index < -0.39 is 0 Å². The molecule has 3 heterocycles. The monoisotopic (exact) mass is 308 g/mol. The van der Waals surface area contributed by atoms with Gasteiger partial charge in [0.2, 0.25) is 5.91 Å². The quantitative estimate of drug-likeness (QED) is 0.891. The highest BCUT2D eigenvalue weighted by molar-refractivity contribution is 7.15. The van der Waals surface area contributed by atoms with Gasteiger partial charge in [0.25, 0.3) is 0 Å². The maximum absolute atomic E-state index is 11.0. The van der Waals surface area contributed by atoms with E-state index in [1.54, 1.807) is 18.3 Å². The Kier molecular flexibility index (Phi) is 4.12. The van der Waals surface area contributed by atoms with Crippen LogP contribution in [0, 0.1) is 5.92 Å².